The van der Waals surface area contributed by atoms with Gasteiger partial charge in [-0.3, -0.25) is 4.79 Å². The van der Waals surface area contributed by atoms with Crippen molar-refractivity contribution in [2.24, 2.45) is 5.92 Å². The molecule has 0 saturated heterocycles. The first-order chi connectivity index (χ1) is 9.38. The van der Waals surface area contributed by atoms with Crippen LogP contribution in [0.3, 0.4) is 0 Å². The quantitative estimate of drug-likeness (QED) is 0.774. The molecule has 106 valence electrons. The largest absolute Gasteiger partial charge is 0.306 e. The van der Waals surface area contributed by atoms with Crippen LogP contribution >= 0.6 is 43.5 Å². The molecule has 0 fully saturated rings. The molecule has 0 atom stereocenters. The molecule has 20 heavy (non-hydrogen) atoms. The Hall–Kier alpha value is -0.650. The van der Waals surface area contributed by atoms with E-state index in [0.29, 0.717) is 21.2 Å². The molecule has 2 aromatic rings. The number of hydrogen-bond donors (Lipinski definition) is 1. The zero-order chi connectivity index (χ0) is 14.9. The second kappa shape index (κ2) is 6.41. The average Bonchev–Trinajstić information content (AvgIpc) is 2.37. The third-order valence-electron chi connectivity index (χ3n) is 2.73. The number of rotatable bonds is 3. The Kier molecular flexibility index (Phi) is 5.04. The van der Waals surface area contributed by atoms with Crippen LogP contribution in [0.4, 0.5) is 0 Å². The predicted octanol–water partition coefficient (Wildman–Crippen LogP) is 4.81. The topological polar surface area (TPSA) is 45.8 Å². The van der Waals surface area contributed by atoms with E-state index in [1.54, 1.807) is 6.07 Å². The van der Waals surface area contributed by atoms with E-state index in [4.69, 9.17) is 11.6 Å². The number of aromatic nitrogens is 2. The summed E-state index contributed by atoms with van der Waals surface area (Å²) in [5.74, 6) is 0.969. The van der Waals surface area contributed by atoms with Crippen molar-refractivity contribution in [3.8, 4) is 11.4 Å². The van der Waals surface area contributed by atoms with Gasteiger partial charge in [-0.25, -0.2) is 4.98 Å². The lowest BCUT2D eigenvalue weighted by Crippen LogP contribution is -2.15. The van der Waals surface area contributed by atoms with Crippen LogP contribution in [0.25, 0.3) is 11.4 Å². The number of nitrogens with zero attached hydrogens (tertiary/aromatic N) is 1. The number of H-pyrrole nitrogens is 1. The smallest absolute Gasteiger partial charge is 0.265 e. The maximum atomic E-state index is 12.0. The van der Waals surface area contributed by atoms with Gasteiger partial charge in [0, 0.05) is 10.0 Å². The fourth-order valence-electron chi connectivity index (χ4n) is 1.81. The highest BCUT2D eigenvalue weighted by atomic mass is 79.9. The molecule has 2 rings (SSSR count). The van der Waals surface area contributed by atoms with E-state index in [2.05, 4.69) is 55.7 Å². The number of hydrogen-bond acceptors (Lipinski definition) is 2. The lowest BCUT2D eigenvalue weighted by Gasteiger charge is -2.09. The molecule has 0 aliphatic rings. The minimum absolute atomic E-state index is 0.170. The number of nitrogens with one attached hydrogen (secondary N) is 1. The van der Waals surface area contributed by atoms with Crippen LogP contribution in [0.1, 0.15) is 19.5 Å². The van der Waals surface area contributed by atoms with Crippen LogP contribution in [0.15, 0.2) is 31.9 Å². The summed E-state index contributed by atoms with van der Waals surface area (Å²) >= 11 is 12.7. The van der Waals surface area contributed by atoms with Crippen molar-refractivity contribution in [2.75, 3.05) is 0 Å². The van der Waals surface area contributed by atoms with Crippen LogP contribution in [0, 0.1) is 5.92 Å². The van der Waals surface area contributed by atoms with Gasteiger partial charge in [-0.2, -0.15) is 0 Å². The Bertz CT molecular complexity index is 698. The van der Waals surface area contributed by atoms with E-state index in [9.17, 15) is 4.79 Å². The van der Waals surface area contributed by atoms with Gasteiger partial charge in [-0.1, -0.05) is 25.4 Å². The molecule has 6 heteroatoms. The second-order valence-corrected chi connectivity index (χ2v) is 6.96. The van der Waals surface area contributed by atoms with Gasteiger partial charge in [0.15, 0.2) is 0 Å². The molecule has 3 nitrogen and oxygen atoms in total. The van der Waals surface area contributed by atoms with Crippen LogP contribution in [-0.4, -0.2) is 9.97 Å². The SMILES string of the molecule is CC(C)Cc1nc(-c2ccc(Cl)c(Br)c2)[nH]c(=O)c1Br. The van der Waals surface area contributed by atoms with Gasteiger partial charge < -0.3 is 4.98 Å². The summed E-state index contributed by atoms with van der Waals surface area (Å²) in [4.78, 5) is 19.3. The van der Waals surface area contributed by atoms with Gasteiger partial charge in [-0.15, -0.1) is 0 Å². The third kappa shape index (κ3) is 3.51. The van der Waals surface area contributed by atoms with Crippen molar-refractivity contribution in [2.45, 2.75) is 20.3 Å². The maximum Gasteiger partial charge on any atom is 0.265 e. The summed E-state index contributed by atoms with van der Waals surface area (Å²) in [6.07, 6.45) is 0.742. The van der Waals surface area contributed by atoms with Crippen LogP contribution in [0.2, 0.25) is 5.02 Å². The molecule has 0 unspecified atom stereocenters. The summed E-state index contributed by atoms with van der Waals surface area (Å²) in [5.41, 5.74) is 1.41. The van der Waals surface area contributed by atoms with Crippen molar-refractivity contribution in [3.05, 3.63) is 48.2 Å². The summed E-state index contributed by atoms with van der Waals surface area (Å²) in [5, 5.41) is 0.621. The second-order valence-electron chi connectivity index (χ2n) is 4.90. The Morgan fingerprint density at radius 1 is 1.35 bits per heavy atom. The molecule has 0 amide bonds. The van der Waals surface area contributed by atoms with E-state index in [1.165, 1.54) is 0 Å². The molecule has 0 aliphatic heterocycles. The number of halogens is 3. The molecule has 0 saturated carbocycles. The highest BCUT2D eigenvalue weighted by Gasteiger charge is 2.12. The Balaban J connectivity index is 2.54. The third-order valence-corrected chi connectivity index (χ3v) is 4.76. The van der Waals surface area contributed by atoms with Crippen molar-refractivity contribution in [1.82, 2.24) is 9.97 Å². The van der Waals surface area contributed by atoms with E-state index in [1.807, 2.05) is 12.1 Å². The van der Waals surface area contributed by atoms with Gasteiger partial charge in [-0.05, 0) is 62.4 Å². The molecule has 1 aromatic carbocycles. The van der Waals surface area contributed by atoms with Gasteiger partial charge in [0.2, 0.25) is 0 Å². The Morgan fingerprint density at radius 3 is 2.65 bits per heavy atom. The van der Waals surface area contributed by atoms with Crippen LogP contribution in [0.5, 0.6) is 0 Å². The van der Waals surface area contributed by atoms with Crippen molar-refractivity contribution in [1.29, 1.82) is 0 Å². The van der Waals surface area contributed by atoms with Crippen molar-refractivity contribution in [3.63, 3.8) is 0 Å². The van der Waals surface area contributed by atoms with E-state index in [0.717, 1.165) is 22.2 Å². The van der Waals surface area contributed by atoms with Gasteiger partial charge in [0.1, 0.15) is 10.3 Å². The van der Waals surface area contributed by atoms with Crippen molar-refractivity contribution < 1.29 is 0 Å². The first-order valence-electron chi connectivity index (χ1n) is 6.12. The monoisotopic (exact) mass is 418 g/mol. The number of aromatic amines is 1. The summed E-state index contributed by atoms with van der Waals surface area (Å²) in [7, 11) is 0. The maximum absolute atomic E-state index is 12.0. The zero-order valence-electron chi connectivity index (χ0n) is 11.0. The van der Waals surface area contributed by atoms with Crippen LogP contribution < -0.4 is 5.56 Å². The van der Waals surface area contributed by atoms with Gasteiger partial charge in [0.05, 0.1) is 10.7 Å². The zero-order valence-corrected chi connectivity index (χ0v) is 14.9. The minimum Gasteiger partial charge on any atom is -0.306 e. The first-order valence-corrected chi connectivity index (χ1v) is 8.09. The van der Waals surface area contributed by atoms with Crippen LogP contribution in [-0.2, 0) is 6.42 Å². The molecule has 0 radical (unpaired) electrons. The minimum atomic E-state index is -0.170. The normalized spacial score (nSPS) is 11.1. The van der Waals surface area contributed by atoms with E-state index in [-0.39, 0.29) is 5.56 Å². The summed E-state index contributed by atoms with van der Waals surface area (Å²) in [6, 6.07) is 5.44. The Morgan fingerprint density at radius 2 is 2.05 bits per heavy atom. The molecule has 1 aromatic heterocycles. The standard InChI is InChI=1S/C14H13Br2ClN2O/c1-7(2)5-11-12(16)14(20)19-13(18-11)8-3-4-10(17)9(15)6-8/h3-4,6-7H,5H2,1-2H3,(H,18,19,20). The molecule has 0 aliphatic carbocycles. The fourth-order valence-corrected chi connectivity index (χ4v) is 2.65. The predicted molar refractivity (Wildman–Crippen MR) is 89.2 cm³/mol. The lowest BCUT2D eigenvalue weighted by molar-refractivity contribution is 0.631. The molecule has 1 heterocycles. The number of benzene rings is 1. The van der Waals surface area contributed by atoms with E-state index < -0.39 is 0 Å². The molecular formula is C14H13Br2ClN2O. The highest BCUT2D eigenvalue weighted by Crippen LogP contribution is 2.27. The summed E-state index contributed by atoms with van der Waals surface area (Å²) in [6.45, 7) is 4.18. The van der Waals surface area contributed by atoms with E-state index >= 15 is 0 Å². The molecular weight excluding hydrogens is 407 g/mol. The molecule has 1 N–H and O–H groups in total. The Labute approximate surface area is 139 Å². The lowest BCUT2D eigenvalue weighted by atomic mass is 10.1. The fraction of sp³-hybridized carbons (Fsp3) is 0.286. The van der Waals surface area contributed by atoms with Crippen molar-refractivity contribution >= 4 is 43.5 Å². The highest BCUT2D eigenvalue weighted by molar-refractivity contribution is 9.10. The average molecular weight is 421 g/mol. The first kappa shape index (κ1) is 15.7. The van der Waals surface area contributed by atoms with Gasteiger partial charge in [0.25, 0.3) is 5.56 Å². The molecule has 0 bridgehead atoms. The summed E-state index contributed by atoms with van der Waals surface area (Å²) < 4.78 is 1.27. The van der Waals surface area contributed by atoms with Gasteiger partial charge >= 0.3 is 0 Å². The molecule has 0 spiro atoms.